The van der Waals surface area contributed by atoms with E-state index in [9.17, 15) is 9.59 Å². The molecule has 1 heterocycles. The van der Waals surface area contributed by atoms with Crippen molar-refractivity contribution in [1.29, 1.82) is 0 Å². The third-order valence-electron chi connectivity index (χ3n) is 6.05. The molecule has 0 saturated heterocycles. The predicted octanol–water partition coefficient (Wildman–Crippen LogP) is 6.09. The topological polar surface area (TPSA) is 98.9 Å². The van der Waals surface area contributed by atoms with Gasteiger partial charge in [0.2, 0.25) is 5.89 Å². The highest BCUT2D eigenvalue weighted by molar-refractivity contribution is 5.84. The number of carbonyl (C=O) groups excluding carboxylic acids is 1. The standard InChI is InChI=1S/C31H29NO6/c1-3-18-31(30(35)36-4-2,20-22-12-11-17-25(19-22)37-21-26(33)34)29-32-27(23-13-7-5-8-14-23)28(38-29)24-15-9-6-10-16-24/h3,5-17,19H,1,4,18,20-21H2,2H3,(H,33,34). The molecule has 0 amide bonds. The Morgan fingerprint density at radius 2 is 1.68 bits per heavy atom. The van der Waals surface area contributed by atoms with Gasteiger partial charge in [0.05, 0.1) is 6.61 Å². The van der Waals surface area contributed by atoms with Crippen LogP contribution in [-0.4, -0.2) is 35.2 Å². The molecule has 0 aliphatic carbocycles. The second-order valence-corrected chi connectivity index (χ2v) is 8.73. The number of oxazole rings is 1. The lowest BCUT2D eigenvalue weighted by atomic mass is 9.78. The van der Waals surface area contributed by atoms with Gasteiger partial charge in [-0.05, 0) is 37.5 Å². The fraction of sp³-hybridized carbons (Fsp3) is 0.194. The van der Waals surface area contributed by atoms with E-state index in [1.165, 1.54) is 0 Å². The summed E-state index contributed by atoms with van der Waals surface area (Å²) in [5.74, 6) is -0.432. The zero-order valence-electron chi connectivity index (χ0n) is 21.1. The Kier molecular flexibility index (Phi) is 8.38. The van der Waals surface area contributed by atoms with Gasteiger partial charge in [0.15, 0.2) is 17.8 Å². The minimum atomic E-state index is -1.32. The third-order valence-corrected chi connectivity index (χ3v) is 6.05. The van der Waals surface area contributed by atoms with Crippen molar-refractivity contribution in [3.8, 4) is 28.3 Å². The lowest BCUT2D eigenvalue weighted by Gasteiger charge is -2.27. The average Bonchev–Trinajstić information content (AvgIpc) is 3.39. The van der Waals surface area contributed by atoms with E-state index >= 15 is 0 Å². The number of carboxylic acid groups (broad SMARTS) is 1. The molecule has 1 N–H and O–H groups in total. The number of hydrogen-bond donors (Lipinski definition) is 1. The SMILES string of the molecule is C=CCC(Cc1cccc(OCC(=O)O)c1)(C(=O)OCC)c1nc(-c2ccccc2)c(-c2ccccc2)o1. The Hall–Kier alpha value is -4.65. The van der Waals surface area contributed by atoms with E-state index in [1.54, 1.807) is 31.2 Å². The average molecular weight is 512 g/mol. The Morgan fingerprint density at radius 3 is 2.32 bits per heavy atom. The molecule has 0 radical (unpaired) electrons. The fourth-order valence-electron chi connectivity index (χ4n) is 4.33. The molecule has 1 atom stereocenters. The molecular weight excluding hydrogens is 482 g/mol. The third kappa shape index (κ3) is 5.83. The molecule has 3 aromatic carbocycles. The summed E-state index contributed by atoms with van der Waals surface area (Å²) in [5.41, 5.74) is 1.69. The summed E-state index contributed by atoms with van der Waals surface area (Å²) < 4.78 is 17.4. The molecule has 38 heavy (non-hydrogen) atoms. The van der Waals surface area contributed by atoms with Crippen molar-refractivity contribution < 1.29 is 28.6 Å². The summed E-state index contributed by atoms with van der Waals surface area (Å²) in [6.07, 6.45) is 2.02. The maximum atomic E-state index is 13.7. The maximum Gasteiger partial charge on any atom is 0.341 e. The first-order chi connectivity index (χ1) is 18.5. The number of allylic oxidation sites excluding steroid dienone is 1. The van der Waals surface area contributed by atoms with Gasteiger partial charge in [0, 0.05) is 11.1 Å². The van der Waals surface area contributed by atoms with Crippen LogP contribution in [0, 0.1) is 0 Å². The van der Waals surface area contributed by atoms with E-state index in [2.05, 4.69) is 6.58 Å². The largest absolute Gasteiger partial charge is 0.482 e. The van der Waals surface area contributed by atoms with E-state index in [-0.39, 0.29) is 25.3 Å². The number of ether oxygens (including phenoxy) is 2. The Bertz CT molecular complexity index is 1340. The van der Waals surface area contributed by atoms with Crippen molar-refractivity contribution in [2.45, 2.75) is 25.2 Å². The molecule has 1 aromatic heterocycles. The summed E-state index contributed by atoms with van der Waals surface area (Å²) in [6, 6.07) is 26.2. The molecule has 0 bridgehead atoms. The molecule has 4 rings (SSSR count). The van der Waals surface area contributed by atoms with Gasteiger partial charge in [-0.2, -0.15) is 0 Å². The number of esters is 1. The number of aliphatic carboxylic acids is 1. The minimum absolute atomic E-state index is 0.172. The Balaban J connectivity index is 1.87. The van der Waals surface area contributed by atoms with Crippen LogP contribution >= 0.6 is 0 Å². The number of rotatable bonds is 12. The zero-order chi connectivity index (χ0) is 27.0. The lowest BCUT2D eigenvalue weighted by molar-refractivity contribution is -0.151. The highest BCUT2D eigenvalue weighted by Crippen LogP contribution is 2.40. The van der Waals surface area contributed by atoms with E-state index in [0.717, 1.165) is 16.7 Å². The summed E-state index contributed by atoms with van der Waals surface area (Å²) in [5, 5.41) is 8.98. The molecular formula is C31H29NO6. The first kappa shape index (κ1) is 26.4. The van der Waals surface area contributed by atoms with Crippen molar-refractivity contribution in [3.63, 3.8) is 0 Å². The summed E-state index contributed by atoms with van der Waals surface area (Å²) in [4.78, 5) is 29.5. The lowest BCUT2D eigenvalue weighted by Crippen LogP contribution is -2.40. The summed E-state index contributed by atoms with van der Waals surface area (Å²) >= 11 is 0. The van der Waals surface area contributed by atoms with E-state index in [1.807, 2.05) is 66.7 Å². The zero-order valence-corrected chi connectivity index (χ0v) is 21.1. The summed E-state index contributed by atoms with van der Waals surface area (Å²) in [6.45, 7) is 5.35. The van der Waals surface area contributed by atoms with Crippen LogP contribution in [0.2, 0.25) is 0 Å². The Labute approximate surface area is 221 Å². The highest BCUT2D eigenvalue weighted by atomic mass is 16.5. The fourth-order valence-corrected chi connectivity index (χ4v) is 4.33. The Morgan fingerprint density at radius 1 is 1.00 bits per heavy atom. The van der Waals surface area contributed by atoms with Crippen molar-refractivity contribution in [1.82, 2.24) is 4.98 Å². The number of aromatic nitrogens is 1. The molecule has 0 fully saturated rings. The first-order valence-electron chi connectivity index (χ1n) is 12.3. The molecule has 0 aliphatic rings. The summed E-state index contributed by atoms with van der Waals surface area (Å²) in [7, 11) is 0. The molecule has 194 valence electrons. The van der Waals surface area contributed by atoms with Gasteiger partial charge in [-0.1, -0.05) is 78.9 Å². The monoisotopic (exact) mass is 511 g/mol. The van der Waals surface area contributed by atoms with Gasteiger partial charge in [0.1, 0.15) is 11.4 Å². The van der Waals surface area contributed by atoms with Crippen LogP contribution in [0.15, 0.2) is 102 Å². The quantitative estimate of drug-likeness (QED) is 0.181. The molecule has 0 aliphatic heterocycles. The highest BCUT2D eigenvalue weighted by Gasteiger charge is 2.46. The number of benzene rings is 3. The van der Waals surface area contributed by atoms with Gasteiger partial charge in [0.25, 0.3) is 0 Å². The van der Waals surface area contributed by atoms with Crippen molar-refractivity contribution in [2.75, 3.05) is 13.2 Å². The molecule has 7 heteroatoms. The van der Waals surface area contributed by atoms with Crippen LogP contribution in [0.1, 0.15) is 24.8 Å². The number of carbonyl (C=O) groups is 2. The van der Waals surface area contributed by atoms with Crippen LogP contribution < -0.4 is 4.74 Å². The van der Waals surface area contributed by atoms with Crippen LogP contribution in [0.5, 0.6) is 5.75 Å². The van der Waals surface area contributed by atoms with Crippen LogP contribution in [-0.2, 0) is 26.2 Å². The minimum Gasteiger partial charge on any atom is -0.482 e. The van der Waals surface area contributed by atoms with E-state index in [4.69, 9.17) is 24.0 Å². The number of carboxylic acids is 1. The maximum absolute atomic E-state index is 13.7. The first-order valence-corrected chi connectivity index (χ1v) is 12.3. The van der Waals surface area contributed by atoms with Gasteiger partial charge in [-0.3, -0.25) is 4.79 Å². The van der Waals surface area contributed by atoms with Crippen LogP contribution in [0.25, 0.3) is 22.6 Å². The van der Waals surface area contributed by atoms with Gasteiger partial charge >= 0.3 is 11.9 Å². The number of nitrogens with zero attached hydrogens (tertiary/aromatic N) is 1. The predicted molar refractivity (Wildman–Crippen MR) is 144 cm³/mol. The number of hydrogen-bond acceptors (Lipinski definition) is 6. The van der Waals surface area contributed by atoms with Crippen molar-refractivity contribution in [3.05, 3.63) is 109 Å². The molecule has 0 spiro atoms. The van der Waals surface area contributed by atoms with Crippen LogP contribution in [0.4, 0.5) is 0 Å². The van der Waals surface area contributed by atoms with E-state index < -0.39 is 24.0 Å². The smallest absolute Gasteiger partial charge is 0.341 e. The van der Waals surface area contributed by atoms with Crippen molar-refractivity contribution >= 4 is 11.9 Å². The normalized spacial score (nSPS) is 12.3. The van der Waals surface area contributed by atoms with Gasteiger partial charge < -0.3 is 19.0 Å². The second-order valence-electron chi connectivity index (χ2n) is 8.73. The second kappa shape index (κ2) is 12.1. The molecule has 7 nitrogen and oxygen atoms in total. The van der Waals surface area contributed by atoms with Crippen LogP contribution in [0.3, 0.4) is 0 Å². The van der Waals surface area contributed by atoms with Gasteiger partial charge in [-0.15, -0.1) is 6.58 Å². The molecule has 0 saturated carbocycles. The van der Waals surface area contributed by atoms with Crippen molar-refractivity contribution in [2.24, 2.45) is 0 Å². The molecule has 1 unspecified atom stereocenters. The van der Waals surface area contributed by atoms with E-state index in [0.29, 0.717) is 17.2 Å². The van der Waals surface area contributed by atoms with Gasteiger partial charge in [-0.25, -0.2) is 9.78 Å². The molecule has 4 aromatic rings.